The van der Waals surface area contributed by atoms with Gasteiger partial charge >= 0.3 is 0 Å². The van der Waals surface area contributed by atoms with Crippen molar-refractivity contribution in [1.82, 2.24) is 0 Å². The van der Waals surface area contributed by atoms with Gasteiger partial charge in [0.05, 0.1) is 32.3 Å². The van der Waals surface area contributed by atoms with Crippen LogP contribution in [0.25, 0.3) is 22.3 Å². The molecule has 4 aromatic rings. The molecule has 0 amide bonds. The Morgan fingerprint density at radius 3 is 1.66 bits per heavy atom. The molecule has 0 unspecified atom stereocenters. The van der Waals surface area contributed by atoms with Gasteiger partial charge in [0.2, 0.25) is 0 Å². The fourth-order valence-electron chi connectivity index (χ4n) is 4.91. The lowest BCUT2D eigenvalue weighted by Gasteiger charge is -2.33. The van der Waals surface area contributed by atoms with Gasteiger partial charge in [0.15, 0.2) is 0 Å². The van der Waals surface area contributed by atoms with Gasteiger partial charge in [-0.05, 0) is 53.9 Å². The molecular formula is C30H27N3O4S. The molecule has 1 heterocycles. The number of hydrogen-bond donors (Lipinski definition) is 0. The lowest BCUT2D eigenvalue weighted by Crippen LogP contribution is -2.22. The fourth-order valence-corrected chi connectivity index (χ4v) is 6.09. The molecule has 0 atom stereocenters. The molecule has 0 spiro atoms. The molecule has 38 heavy (non-hydrogen) atoms. The van der Waals surface area contributed by atoms with E-state index in [1.807, 2.05) is 48.5 Å². The third-order valence-corrected chi connectivity index (χ3v) is 7.87. The highest BCUT2D eigenvalue weighted by Crippen LogP contribution is 2.51. The number of fused-ring (bicyclic) bond motifs is 2. The first-order valence-corrected chi connectivity index (χ1v) is 13.5. The summed E-state index contributed by atoms with van der Waals surface area (Å²) >= 11 is 1.59. The van der Waals surface area contributed by atoms with E-state index in [2.05, 4.69) is 11.8 Å². The minimum atomic E-state index is -0.351. The SMILES string of the molecule is CCCCCCN1c2ccc(-c3ccccc3[N+](=O)[O-])cc2Sc2cc(-c3ccccc3[N+](=O)[O-])ccc21. The minimum absolute atomic E-state index is 0.0729. The van der Waals surface area contributed by atoms with Crippen molar-refractivity contribution >= 4 is 34.5 Å². The van der Waals surface area contributed by atoms with Gasteiger partial charge in [-0.15, -0.1) is 0 Å². The third-order valence-electron chi connectivity index (χ3n) is 6.78. The second-order valence-corrected chi connectivity index (χ2v) is 10.3. The highest BCUT2D eigenvalue weighted by Gasteiger charge is 2.26. The van der Waals surface area contributed by atoms with Gasteiger partial charge in [0.1, 0.15) is 0 Å². The van der Waals surface area contributed by atoms with Gasteiger partial charge in [-0.3, -0.25) is 20.2 Å². The predicted octanol–water partition coefficient (Wildman–Crippen LogP) is 9.02. The summed E-state index contributed by atoms with van der Waals surface area (Å²) < 4.78 is 0. The van der Waals surface area contributed by atoms with Gasteiger partial charge < -0.3 is 4.90 Å². The first-order chi connectivity index (χ1) is 18.5. The zero-order chi connectivity index (χ0) is 26.6. The van der Waals surface area contributed by atoms with E-state index in [0.717, 1.165) is 58.1 Å². The van der Waals surface area contributed by atoms with Crippen LogP contribution in [0, 0.1) is 20.2 Å². The van der Waals surface area contributed by atoms with Crippen LogP contribution < -0.4 is 4.90 Å². The summed E-state index contributed by atoms with van der Waals surface area (Å²) in [6, 6.07) is 25.6. The van der Waals surface area contributed by atoms with Crippen molar-refractivity contribution in [2.24, 2.45) is 0 Å². The Hall–Kier alpha value is -4.17. The molecule has 1 aliphatic heterocycles. The molecule has 1 aliphatic rings. The maximum Gasteiger partial charge on any atom is 0.277 e. The Kier molecular flexibility index (Phi) is 7.42. The molecule has 7 nitrogen and oxygen atoms in total. The number of unbranched alkanes of at least 4 members (excludes halogenated alkanes) is 3. The topological polar surface area (TPSA) is 89.5 Å². The van der Waals surface area contributed by atoms with E-state index in [4.69, 9.17) is 0 Å². The molecule has 0 N–H and O–H groups in total. The summed E-state index contributed by atoms with van der Waals surface area (Å²) in [5.41, 5.74) is 5.01. The average molecular weight is 526 g/mol. The number of hydrogen-bond acceptors (Lipinski definition) is 6. The molecular weight excluding hydrogens is 498 g/mol. The molecule has 0 aromatic heterocycles. The predicted molar refractivity (Wildman–Crippen MR) is 152 cm³/mol. The summed E-state index contributed by atoms with van der Waals surface area (Å²) in [4.78, 5) is 26.9. The van der Waals surface area contributed by atoms with E-state index in [0.29, 0.717) is 11.1 Å². The van der Waals surface area contributed by atoms with Crippen LogP contribution >= 0.6 is 11.8 Å². The number of nitrogens with zero attached hydrogens (tertiary/aromatic N) is 3. The zero-order valence-electron chi connectivity index (χ0n) is 21.0. The molecule has 0 radical (unpaired) electrons. The third kappa shape index (κ3) is 4.99. The number of para-hydroxylation sites is 2. The highest BCUT2D eigenvalue weighted by atomic mass is 32.2. The van der Waals surface area contributed by atoms with Crippen LogP contribution in [-0.4, -0.2) is 16.4 Å². The summed E-state index contributed by atoms with van der Waals surface area (Å²) in [5, 5.41) is 23.3. The summed E-state index contributed by atoms with van der Waals surface area (Å²) in [7, 11) is 0. The van der Waals surface area contributed by atoms with Crippen LogP contribution in [0.5, 0.6) is 0 Å². The van der Waals surface area contributed by atoms with E-state index >= 15 is 0 Å². The Labute approximate surface area is 225 Å². The monoisotopic (exact) mass is 525 g/mol. The largest absolute Gasteiger partial charge is 0.340 e. The van der Waals surface area contributed by atoms with Crippen molar-refractivity contribution < 1.29 is 9.85 Å². The van der Waals surface area contributed by atoms with E-state index in [-0.39, 0.29) is 21.2 Å². The molecule has 0 saturated carbocycles. The Morgan fingerprint density at radius 1 is 0.684 bits per heavy atom. The van der Waals surface area contributed by atoms with Gasteiger partial charge in [-0.1, -0.05) is 74.3 Å². The van der Waals surface area contributed by atoms with E-state index in [1.54, 1.807) is 36.0 Å². The number of nitro groups is 2. The van der Waals surface area contributed by atoms with Crippen LogP contribution in [0.2, 0.25) is 0 Å². The molecule has 0 saturated heterocycles. The van der Waals surface area contributed by atoms with Gasteiger partial charge in [-0.2, -0.15) is 0 Å². The standard InChI is InChI=1S/C30H27N3O4S/c1-2-3-4-9-18-31-27-16-14-21(23-10-5-7-12-25(23)32(34)35)19-29(27)38-30-20-22(15-17-28(30)31)24-11-6-8-13-26(24)33(36)37/h5-8,10-17,19-20H,2-4,9,18H2,1H3. The van der Waals surface area contributed by atoms with E-state index in [9.17, 15) is 20.2 Å². The molecule has 8 heteroatoms. The molecule has 0 bridgehead atoms. The molecule has 0 aliphatic carbocycles. The van der Waals surface area contributed by atoms with Crippen LogP contribution in [0.15, 0.2) is 94.7 Å². The molecule has 0 fully saturated rings. The highest BCUT2D eigenvalue weighted by molar-refractivity contribution is 7.99. The van der Waals surface area contributed by atoms with Crippen molar-refractivity contribution in [3.8, 4) is 22.3 Å². The number of benzene rings is 4. The normalized spacial score (nSPS) is 12.1. The van der Waals surface area contributed by atoms with Gasteiger partial charge in [0.25, 0.3) is 11.4 Å². The molecule has 5 rings (SSSR count). The quantitative estimate of drug-likeness (QED) is 0.123. The maximum atomic E-state index is 11.7. The van der Waals surface area contributed by atoms with Crippen molar-refractivity contribution in [1.29, 1.82) is 0 Å². The Balaban J connectivity index is 1.59. The van der Waals surface area contributed by atoms with Crippen LogP contribution in [0.4, 0.5) is 22.7 Å². The number of nitro benzene ring substituents is 2. The zero-order valence-corrected chi connectivity index (χ0v) is 21.8. The average Bonchev–Trinajstić information content (AvgIpc) is 2.94. The van der Waals surface area contributed by atoms with Crippen molar-refractivity contribution in [3.05, 3.63) is 105 Å². The summed E-state index contributed by atoms with van der Waals surface area (Å²) in [6.45, 7) is 3.03. The number of rotatable bonds is 9. The summed E-state index contributed by atoms with van der Waals surface area (Å²) in [6.07, 6.45) is 4.50. The van der Waals surface area contributed by atoms with Crippen LogP contribution in [0.3, 0.4) is 0 Å². The fraction of sp³-hybridized carbons (Fsp3) is 0.200. The maximum absolute atomic E-state index is 11.7. The Bertz CT molecular complexity index is 1410. The first-order valence-electron chi connectivity index (χ1n) is 12.7. The van der Waals surface area contributed by atoms with Gasteiger partial charge in [-0.25, -0.2) is 0 Å². The second-order valence-electron chi connectivity index (χ2n) is 9.23. The van der Waals surface area contributed by atoms with Gasteiger partial charge in [0, 0.05) is 28.5 Å². The van der Waals surface area contributed by atoms with Crippen molar-refractivity contribution in [2.45, 2.75) is 42.4 Å². The smallest absolute Gasteiger partial charge is 0.277 e. The second kappa shape index (κ2) is 11.1. The lowest BCUT2D eigenvalue weighted by molar-refractivity contribution is -0.384. The number of anilines is 2. The Morgan fingerprint density at radius 2 is 1.18 bits per heavy atom. The van der Waals surface area contributed by atoms with E-state index in [1.165, 1.54) is 18.6 Å². The van der Waals surface area contributed by atoms with Crippen molar-refractivity contribution in [3.63, 3.8) is 0 Å². The minimum Gasteiger partial charge on any atom is -0.340 e. The molecule has 4 aromatic carbocycles. The van der Waals surface area contributed by atoms with Crippen LogP contribution in [-0.2, 0) is 0 Å². The lowest BCUT2D eigenvalue weighted by atomic mass is 10.0. The first kappa shape index (κ1) is 25.5. The van der Waals surface area contributed by atoms with Crippen LogP contribution in [0.1, 0.15) is 32.6 Å². The van der Waals surface area contributed by atoms with Crippen molar-refractivity contribution in [2.75, 3.05) is 11.4 Å². The molecule has 192 valence electrons. The van der Waals surface area contributed by atoms with E-state index < -0.39 is 0 Å². The summed E-state index contributed by atoms with van der Waals surface area (Å²) in [5.74, 6) is 0.